The quantitative estimate of drug-likeness (QED) is 0.911. The predicted molar refractivity (Wildman–Crippen MR) is 85.2 cm³/mol. The number of fused-ring (bicyclic) bond motifs is 3. The monoisotopic (exact) mass is 306 g/mol. The Bertz CT molecular complexity index is 496. The molecule has 0 radical (unpaired) electrons. The number of carbonyl (C=O) groups is 1. The van der Waals surface area contributed by atoms with Crippen LogP contribution >= 0.6 is 12.4 Å². The number of amides is 1. The van der Waals surface area contributed by atoms with Gasteiger partial charge in [-0.2, -0.15) is 0 Å². The summed E-state index contributed by atoms with van der Waals surface area (Å²) in [6.45, 7) is 1.62. The van der Waals surface area contributed by atoms with Gasteiger partial charge >= 0.3 is 0 Å². The summed E-state index contributed by atoms with van der Waals surface area (Å²) >= 11 is 0. The molecule has 4 rings (SSSR count). The maximum Gasteiger partial charge on any atom is 0.223 e. The lowest BCUT2D eigenvalue weighted by Gasteiger charge is -2.29. The first-order chi connectivity index (χ1) is 9.78. The Morgan fingerprint density at radius 3 is 2.24 bits per heavy atom. The molecule has 2 fully saturated rings. The third kappa shape index (κ3) is 2.95. The van der Waals surface area contributed by atoms with Crippen molar-refractivity contribution >= 4 is 18.3 Å². The molecular weight excluding hydrogens is 284 g/mol. The Kier molecular flexibility index (Phi) is 4.23. The molecule has 1 amide bonds. The van der Waals surface area contributed by atoms with Crippen LogP contribution in [0.5, 0.6) is 0 Å². The molecule has 21 heavy (non-hydrogen) atoms. The summed E-state index contributed by atoms with van der Waals surface area (Å²) in [6, 6.07) is 9.79. The lowest BCUT2D eigenvalue weighted by molar-refractivity contribution is -0.133. The molecule has 0 aliphatic carbocycles. The molecule has 0 spiro atoms. The molecule has 3 heterocycles. The van der Waals surface area contributed by atoms with Crippen molar-refractivity contribution in [1.29, 1.82) is 0 Å². The first-order valence-corrected chi connectivity index (χ1v) is 7.88. The topological polar surface area (TPSA) is 32.3 Å². The van der Waals surface area contributed by atoms with E-state index in [2.05, 4.69) is 29.6 Å². The first kappa shape index (κ1) is 14.9. The van der Waals surface area contributed by atoms with Crippen molar-refractivity contribution < 1.29 is 4.79 Å². The molecule has 0 aromatic heterocycles. The maximum atomic E-state index is 12.5. The number of carbonyl (C=O) groups excluding carboxylic acids is 1. The molecular formula is C17H23ClN2O. The van der Waals surface area contributed by atoms with Gasteiger partial charge in [-0.15, -0.1) is 12.4 Å². The largest absolute Gasteiger partial charge is 0.334 e. The van der Waals surface area contributed by atoms with Crippen LogP contribution in [0, 0.1) is 5.92 Å². The summed E-state index contributed by atoms with van der Waals surface area (Å²) in [4.78, 5) is 14.6. The van der Waals surface area contributed by atoms with Crippen molar-refractivity contribution in [3.8, 4) is 0 Å². The number of nitrogens with one attached hydrogen (secondary N) is 1. The van der Waals surface area contributed by atoms with Crippen LogP contribution in [0.3, 0.4) is 0 Å². The van der Waals surface area contributed by atoms with Crippen LogP contribution in [-0.4, -0.2) is 22.9 Å². The normalized spacial score (nSPS) is 29.9. The first-order valence-electron chi connectivity index (χ1n) is 7.88. The molecule has 3 aliphatic rings. The van der Waals surface area contributed by atoms with E-state index in [9.17, 15) is 4.79 Å². The Morgan fingerprint density at radius 2 is 1.67 bits per heavy atom. The zero-order valence-corrected chi connectivity index (χ0v) is 13.1. The zero-order chi connectivity index (χ0) is 13.5. The van der Waals surface area contributed by atoms with Gasteiger partial charge in [-0.3, -0.25) is 4.79 Å². The van der Waals surface area contributed by atoms with E-state index in [1.807, 2.05) is 4.90 Å². The van der Waals surface area contributed by atoms with E-state index in [1.54, 1.807) is 0 Å². The zero-order valence-electron chi connectivity index (χ0n) is 12.3. The van der Waals surface area contributed by atoms with E-state index in [4.69, 9.17) is 0 Å². The summed E-state index contributed by atoms with van der Waals surface area (Å²) in [5.74, 6) is 0.956. The SMILES string of the molecule is Cl.O=C(CC1CC2CCC(C1)N2)N1Cc2ccccc2C1. The third-order valence-electron chi connectivity index (χ3n) is 5.23. The molecule has 1 aromatic carbocycles. The Balaban J connectivity index is 0.00000132. The molecule has 2 saturated heterocycles. The predicted octanol–water partition coefficient (Wildman–Crippen LogP) is 2.87. The van der Waals surface area contributed by atoms with Gasteiger partial charge in [0.15, 0.2) is 0 Å². The maximum absolute atomic E-state index is 12.5. The smallest absolute Gasteiger partial charge is 0.223 e. The van der Waals surface area contributed by atoms with E-state index in [0.717, 1.165) is 19.5 Å². The fourth-order valence-corrected chi connectivity index (χ4v) is 4.23. The van der Waals surface area contributed by atoms with Crippen LogP contribution in [0.15, 0.2) is 24.3 Å². The summed E-state index contributed by atoms with van der Waals surface area (Å²) in [7, 11) is 0. The van der Waals surface area contributed by atoms with E-state index >= 15 is 0 Å². The number of hydrogen-bond acceptors (Lipinski definition) is 2. The molecule has 2 atom stereocenters. The van der Waals surface area contributed by atoms with Crippen molar-refractivity contribution in [3.63, 3.8) is 0 Å². The van der Waals surface area contributed by atoms with Gasteiger partial charge in [-0.05, 0) is 42.7 Å². The van der Waals surface area contributed by atoms with Gasteiger partial charge in [0.25, 0.3) is 0 Å². The Labute approximate surface area is 132 Å². The number of rotatable bonds is 2. The fourth-order valence-electron chi connectivity index (χ4n) is 4.23. The number of halogens is 1. The minimum atomic E-state index is 0. The van der Waals surface area contributed by atoms with Crippen molar-refractivity contribution in [2.45, 2.75) is 57.3 Å². The Hall–Kier alpha value is -1.06. The van der Waals surface area contributed by atoms with Crippen molar-refractivity contribution in [2.24, 2.45) is 5.92 Å². The molecule has 2 bridgehead atoms. The second-order valence-electron chi connectivity index (χ2n) is 6.70. The van der Waals surface area contributed by atoms with Crippen LogP contribution in [0.4, 0.5) is 0 Å². The average Bonchev–Trinajstić information content (AvgIpc) is 3.02. The van der Waals surface area contributed by atoms with Gasteiger partial charge in [-0.25, -0.2) is 0 Å². The molecule has 1 aromatic rings. The van der Waals surface area contributed by atoms with Gasteiger partial charge < -0.3 is 10.2 Å². The van der Waals surface area contributed by atoms with E-state index in [1.165, 1.54) is 36.8 Å². The second kappa shape index (κ2) is 5.98. The average molecular weight is 307 g/mol. The second-order valence-corrected chi connectivity index (χ2v) is 6.70. The molecule has 3 aliphatic heterocycles. The Morgan fingerprint density at radius 1 is 1.10 bits per heavy atom. The van der Waals surface area contributed by atoms with Crippen LogP contribution in [-0.2, 0) is 17.9 Å². The number of benzene rings is 1. The molecule has 3 nitrogen and oxygen atoms in total. The minimum absolute atomic E-state index is 0. The van der Waals surface area contributed by atoms with Crippen LogP contribution < -0.4 is 5.32 Å². The molecule has 0 saturated carbocycles. The van der Waals surface area contributed by atoms with Gasteiger partial charge in [0.05, 0.1) is 0 Å². The van der Waals surface area contributed by atoms with E-state index in [-0.39, 0.29) is 12.4 Å². The lowest BCUT2D eigenvalue weighted by Crippen LogP contribution is -2.39. The van der Waals surface area contributed by atoms with E-state index < -0.39 is 0 Å². The van der Waals surface area contributed by atoms with E-state index in [0.29, 0.717) is 23.9 Å². The summed E-state index contributed by atoms with van der Waals surface area (Å²) in [6.07, 6.45) is 5.77. The van der Waals surface area contributed by atoms with Gasteiger partial charge in [0, 0.05) is 31.6 Å². The highest BCUT2D eigenvalue weighted by Crippen LogP contribution is 2.33. The van der Waals surface area contributed by atoms with Crippen LogP contribution in [0.1, 0.15) is 43.2 Å². The standard InChI is InChI=1S/C17H22N2O.ClH/c20-17(9-12-7-15-5-6-16(8-12)18-15)19-10-13-3-1-2-4-14(13)11-19;/h1-4,12,15-16,18H,5-11H2;1H. The molecule has 114 valence electrons. The van der Waals surface area contributed by atoms with Gasteiger partial charge in [0.1, 0.15) is 0 Å². The number of hydrogen-bond donors (Lipinski definition) is 1. The molecule has 2 unspecified atom stereocenters. The van der Waals surface area contributed by atoms with Crippen molar-refractivity contribution in [1.82, 2.24) is 10.2 Å². The van der Waals surface area contributed by atoms with Crippen LogP contribution in [0.2, 0.25) is 0 Å². The summed E-state index contributed by atoms with van der Waals surface area (Å²) in [5, 5.41) is 3.65. The number of piperidine rings is 1. The summed E-state index contributed by atoms with van der Waals surface area (Å²) < 4.78 is 0. The van der Waals surface area contributed by atoms with Crippen molar-refractivity contribution in [2.75, 3.05) is 0 Å². The third-order valence-corrected chi connectivity index (χ3v) is 5.23. The molecule has 1 N–H and O–H groups in total. The van der Waals surface area contributed by atoms with Gasteiger partial charge in [-0.1, -0.05) is 24.3 Å². The lowest BCUT2D eigenvalue weighted by atomic mass is 9.89. The highest BCUT2D eigenvalue weighted by molar-refractivity contribution is 5.85. The highest BCUT2D eigenvalue weighted by atomic mass is 35.5. The highest BCUT2D eigenvalue weighted by Gasteiger charge is 2.35. The minimum Gasteiger partial charge on any atom is -0.334 e. The van der Waals surface area contributed by atoms with Gasteiger partial charge in [0.2, 0.25) is 5.91 Å². The van der Waals surface area contributed by atoms with Crippen LogP contribution in [0.25, 0.3) is 0 Å². The fraction of sp³-hybridized carbons (Fsp3) is 0.588. The molecule has 4 heteroatoms. The van der Waals surface area contributed by atoms with Crippen molar-refractivity contribution in [3.05, 3.63) is 35.4 Å². The summed E-state index contributed by atoms with van der Waals surface area (Å²) in [5.41, 5.74) is 2.65. The number of nitrogens with zero attached hydrogens (tertiary/aromatic N) is 1.